The SMILES string of the molecule is CC(C)(C)c1ccc(NC(=O)NC2(C#N)CCCC2)cc1. The van der Waals surface area contributed by atoms with E-state index >= 15 is 0 Å². The van der Waals surface area contributed by atoms with Crippen molar-refractivity contribution in [1.82, 2.24) is 5.32 Å². The molecule has 1 aliphatic carbocycles. The summed E-state index contributed by atoms with van der Waals surface area (Å²) in [6.07, 6.45) is 3.46. The van der Waals surface area contributed by atoms with Crippen molar-refractivity contribution in [3.63, 3.8) is 0 Å². The first kappa shape index (κ1) is 15.4. The summed E-state index contributed by atoms with van der Waals surface area (Å²) >= 11 is 0. The number of urea groups is 1. The number of nitriles is 1. The van der Waals surface area contributed by atoms with Gasteiger partial charge in [0.2, 0.25) is 0 Å². The summed E-state index contributed by atoms with van der Waals surface area (Å²) in [4.78, 5) is 12.0. The maximum absolute atomic E-state index is 12.0. The minimum atomic E-state index is -0.685. The van der Waals surface area contributed by atoms with Gasteiger partial charge in [0.05, 0.1) is 6.07 Å². The normalized spacial score (nSPS) is 17.0. The number of hydrogen-bond donors (Lipinski definition) is 2. The smallest absolute Gasteiger partial charge is 0.319 e. The fraction of sp³-hybridized carbons (Fsp3) is 0.529. The molecule has 4 nitrogen and oxygen atoms in total. The minimum absolute atomic E-state index is 0.0928. The van der Waals surface area contributed by atoms with Crippen molar-refractivity contribution in [2.75, 3.05) is 5.32 Å². The zero-order valence-corrected chi connectivity index (χ0v) is 13.0. The van der Waals surface area contributed by atoms with Gasteiger partial charge in [-0.1, -0.05) is 32.9 Å². The van der Waals surface area contributed by atoms with E-state index in [2.05, 4.69) is 37.5 Å². The molecular formula is C17H23N3O. The molecule has 0 aromatic heterocycles. The lowest BCUT2D eigenvalue weighted by Gasteiger charge is -2.22. The van der Waals surface area contributed by atoms with Gasteiger partial charge in [0.25, 0.3) is 0 Å². The predicted molar refractivity (Wildman–Crippen MR) is 84.1 cm³/mol. The summed E-state index contributed by atoms with van der Waals surface area (Å²) in [5, 5.41) is 14.9. The van der Waals surface area contributed by atoms with E-state index in [4.69, 9.17) is 0 Å². The molecule has 0 aliphatic heterocycles. The molecule has 1 aliphatic rings. The Bertz CT molecular complexity index is 543. The van der Waals surface area contributed by atoms with Crippen LogP contribution in [-0.4, -0.2) is 11.6 Å². The highest BCUT2D eigenvalue weighted by Gasteiger charge is 2.35. The first-order chi connectivity index (χ1) is 9.85. The lowest BCUT2D eigenvalue weighted by atomic mass is 9.87. The van der Waals surface area contributed by atoms with Gasteiger partial charge < -0.3 is 10.6 Å². The number of rotatable bonds is 2. The fourth-order valence-electron chi connectivity index (χ4n) is 2.68. The van der Waals surface area contributed by atoms with Gasteiger partial charge >= 0.3 is 6.03 Å². The van der Waals surface area contributed by atoms with Crippen molar-refractivity contribution in [2.24, 2.45) is 0 Å². The van der Waals surface area contributed by atoms with Crippen molar-refractivity contribution < 1.29 is 4.79 Å². The average Bonchev–Trinajstić information content (AvgIpc) is 2.87. The number of carbonyl (C=O) groups excluding carboxylic acids is 1. The first-order valence-corrected chi connectivity index (χ1v) is 7.46. The maximum Gasteiger partial charge on any atom is 0.320 e. The number of nitrogens with zero attached hydrogens (tertiary/aromatic N) is 1. The molecule has 0 saturated heterocycles. The topological polar surface area (TPSA) is 64.9 Å². The van der Waals surface area contributed by atoms with Crippen LogP contribution in [0.15, 0.2) is 24.3 Å². The van der Waals surface area contributed by atoms with Crippen molar-refractivity contribution in [3.8, 4) is 6.07 Å². The number of benzene rings is 1. The van der Waals surface area contributed by atoms with Gasteiger partial charge in [-0.3, -0.25) is 0 Å². The van der Waals surface area contributed by atoms with Crippen molar-refractivity contribution in [1.29, 1.82) is 5.26 Å². The second kappa shape index (κ2) is 5.77. The molecule has 0 unspecified atom stereocenters. The van der Waals surface area contributed by atoms with Crippen LogP contribution >= 0.6 is 0 Å². The van der Waals surface area contributed by atoms with Crippen LogP contribution in [0.3, 0.4) is 0 Å². The zero-order chi connectivity index (χ0) is 15.5. The molecule has 0 heterocycles. The number of anilines is 1. The summed E-state index contributed by atoms with van der Waals surface area (Å²) in [5.74, 6) is 0. The maximum atomic E-state index is 12.0. The van der Waals surface area contributed by atoms with E-state index < -0.39 is 5.54 Å². The van der Waals surface area contributed by atoms with Crippen LogP contribution in [0.4, 0.5) is 10.5 Å². The molecule has 0 bridgehead atoms. The fourth-order valence-corrected chi connectivity index (χ4v) is 2.68. The molecule has 112 valence electrons. The molecule has 21 heavy (non-hydrogen) atoms. The van der Waals surface area contributed by atoms with Crippen molar-refractivity contribution in [3.05, 3.63) is 29.8 Å². The lowest BCUT2D eigenvalue weighted by molar-refractivity contribution is 0.244. The van der Waals surface area contributed by atoms with E-state index in [9.17, 15) is 10.1 Å². The van der Waals surface area contributed by atoms with E-state index in [1.165, 1.54) is 5.56 Å². The number of hydrogen-bond acceptors (Lipinski definition) is 2. The third-order valence-electron chi connectivity index (χ3n) is 4.03. The Morgan fingerprint density at radius 1 is 1.19 bits per heavy atom. The second-order valence-corrected chi connectivity index (χ2v) is 6.81. The van der Waals surface area contributed by atoms with E-state index in [0.717, 1.165) is 31.4 Å². The molecule has 2 N–H and O–H groups in total. The van der Waals surface area contributed by atoms with Gasteiger partial charge in [-0.05, 0) is 48.8 Å². The summed E-state index contributed by atoms with van der Waals surface area (Å²) < 4.78 is 0. The van der Waals surface area contributed by atoms with Crippen LogP contribution in [0, 0.1) is 11.3 Å². The molecule has 0 radical (unpaired) electrons. The Kier molecular flexibility index (Phi) is 4.22. The van der Waals surface area contributed by atoms with Gasteiger partial charge in [-0.25, -0.2) is 4.79 Å². The van der Waals surface area contributed by atoms with E-state index in [0.29, 0.717) is 0 Å². The highest BCUT2D eigenvalue weighted by atomic mass is 16.2. The molecule has 2 rings (SSSR count). The monoisotopic (exact) mass is 285 g/mol. The minimum Gasteiger partial charge on any atom is -0.319 e. The number of carbonyl (C=O) groups is 1. The summed E-state index contributed by atoms with van der Waals surface area (Å²) in [5.41, 5.74) is 1.37. The van der Waals surface area contributed by atoms with Crippen molar-refractivity contribution >= 4 is 11.7 Å². The van der Waals surface area contributed by atoms with Crippen LogP contribution in [0.1, 0.15) is 52.0 Å². The van der Waals surface area contributed by atoms with Crippen LogP contribution in [0.5, 0.6) is 0 Å². The summed E-state index contributed by atoms with van der Waals surface area (Å²) in [7, 11) is 0. The Morgan fingerprint density at radius 3 is 2.24 bits per heavy atom. The molecule has 1 aromatic carbocycles. The zero-order valence-electron chi connectivity index (χ0n) is 13.0. The largest absolute Gasteiger partial charge is 0.320 e. The van der Waals surface area contributed by atoms with E-state index in [-0.39, 0.29) is 11.4 Å². The van der Waals surface area contributed by atoms with E-state index in [1.54, 1.807) is 0 Å². The Labute approximate surface area is 126 Å². The number of nitrogens with one attached hydrogen (secondary N) is 2. The van der Waals surface area contributed by atoms with Gasteiger partial charge in [0.15, 0.2) is 0 Å². The molecule has 1 saturated carbocycles. The van der Waals surface area contributed by atoms with Gasteiger partial charge in [-0.2, -0.15) is 5.26 Å². The van der Waals surface area contributed by atoms with Crippen LogP contribution < -0.4 is 10.6 Å². The Balaban J connectivity index is 1.99. The molecule has 2 amide bonds. The van der Waals surface area contributed by atoms with Crippen LogP contribution in [0.2, 0.25) is 0 Å². The molecule has 1 aromatic rings. The molecule has 0 spiro atoms. The van der Waals surface area contributed by atoms with Gasteiger partial charge in [-0.15, -0.1) is 0 Å². The molecule has 0 atom stereocenters. The molecular weight excluding hydrogens is 262 g/mol. The highest BCUT2D eigenvalue weighted by Crippen LogP contribution is 2.29. The van der Waals surface area contributed by atoms with Crippen molar-refractivity contribution in [2.45, 2.75) is 57.4 Å². The van der Waals surface area contributed by atoms with Crippen LogP contribution in [-0.2, 0) is 5.41 Å². The van der Waals surface area contributed by atoms with Gasteiger partial charge in [0, 0.05) is 5.69 Å². The van der Waals surface area contributed by atoms with Crippen LogP contribution in [0.25, 0.3) is 0 Å². The number of amides is 2. The molecule has 4 heteroatoms. The first-order valence-electron chi connectivity index (χ1n) is 7.46. The summed E-state index contributed by atoms with van der Waals surface area (Å²) in [6.45, 7) is 6.46. The Hall–Kier alpha value is -2.02. The molecule has 1 fully saturated rings. The third kappa shape index (κ3) is 3.75. The standard InChI is InChI=1S/C17H23N3O/c1-16(2,3)13-6-8-14(9-7-13)19-15(21)20-17(12-18)10-4-5-11-17/h6-9H,4-5,10-11H2,1-3H3,(H2,19,20,21). The summed E-state index contributed by atoms with van der Waals surface area (Å²) in [6, 6.07) is 9.78. The Morgan fingerprint density at radius 2 is 1.76 bits per heavy atom. The second-order valence-electron chi connectivity index (χ2n) is 6.81. The lowest BCUT2D eigenvalue weighted by Crippen LogP contribution is -2.47. The highest BCUT2D eigenvalue weighted by molar-refractivity contribution is 5.90. The third-order valence-corrected chi connectivity index (χ3v) is 4.03. The predicted octanol–water partition coefficient (Wildman–Crippen LogP) is 3.94. The van der Waals surface area contributed by atoms with Gasteiger partial charge in [0.1, 0.15) is 5.54 Å². The average molecular weight is 285 g/mol. The van der Waals surface area contributed by atoms with E-state index in [1.807, 2.05) is 24.3 Å². The quantitative estimate of drug-likeness (QED) is 0.864.